The van der Waals surface area contributed by atoms with E-state index in [0.717, 1.165) is 0 Å². The van der Waals surface area contributed by atoms with Crippen LogP contribution in [0.3, 0.4) is 0 Å². The molecule has 6 heavy (non-hydrogen) atoms. The summed E-state index contributed by atoms with van der Waals surface area (Å²) in [6, 6.07) is 0. The van der Waals surface area contributed by atoms with Crippen LogP contribution in [0.4, 0.5) is 4.79 Å². The summed E-state index contributed by atoms with van der Waals surface area (Å²) in [4.78, 5) is 8.56. The fourth-order valence-electron chi connectivity index (χ4n) is 0. The van der Waals surface area contributed by atoms with Crippen molar-refractivity contribution in [1.29, 1.82) is 0 Å². The topological polar surface area (TPSA) is 89.0 Å². The second-order valence-corrected chi connectivity index (χ2v) is 0.283. The van der Waals surface area contributed by atoms with Crippen molar-refractivity contribution in [2.24, 2.45) is 0 Å². The SMILES string of the molecule is O.O=C(O)O.[H-].[H-].[Mg+2]. The van der Waals surface area contributed by atoms with E-state index in [4.69, 9.17) is 15.0 Å². The minimum absolute atomic E-state index is 0. The van der Waals surface area contributed by atoms with Crippen LogP contribution < -0.4 is 0 Å². The largest absolute Gasteiger partial charge is 2.00 e. The summed E-state index contributed by atoms with van der Waals surface area (Å²) in [5, 5.41) is 13.9. The van der Waals surface area contributed by atoms with Crippen LogP contribution in [-0.4, -0.2) is 44.9 Å². The van der Waals surface area contributed by atoms with Gasteiger partial charge in [0.1, 0.15) is 0 Å². The number of hydrogen-bond donors (Lipinski definition) is 2. The number of carbonyl (C=O) groups is 1. The summed E-state index contributed by atoms with van der Waals surface area (Å²) in [5.41, 5.74) is 0. The van der Waals surface area contributed by atoms with Crippen LogP contribution in [0.25, 0.3) is 0 Å². The molecule has 0 aliphatic carbocycles. The minimum atomic E-state index is -1.83. The van der Waals surface area contributed by atoms with Crippen LogP contribution in [0, 0.1) is 0 Å². The number of hydrogen-bond acceptors (Lipinski definition) is 1. The Kier molecular flexibility index (Phi) is 24.7. The minimum Gasteiger partial charge on any atom is -1.00 e. The van der Waals surface area contributed by atoms with Gasteiger partial charge in [-0.15, -0.1) is 0 Å². The molecule has 0 rings (SSSR count). The van der Waals surface area contributed by atoms with Crippen LogP contribution >= 0.6 is 0 Å². The predicted molar refractivity (Wildman–Crippen MR) is 22.2 cm³/mol. The van der Waals surface area contributed by atoms with Crippen molar-refractivity contribution >= 4 is 29.2 Å². The monoisotopic (exact) mass is 106 g/mol. The van der Waals surface area contributed by atoms with E-state index in [0.29, 0.717) is 0 Å². The first-order valence-corrected chi connectivity index (χ1v) is 0.651. The van der Waals surface area contributed by atoms with Gasteiger partial charge in [-0.3, -0.25) is 0 Å². The van der Waals surface area contributed by atoms with E-state index in [9.17, 15) is 0 Å². The van der Waals surface area contributed by atoms with Crippen LogP contribution in [-0.2, 0) is 0 Å². The van der Waals surface area contributed by atoms with Gasteiger partial charge in [0, 0.05) is 0 Å². The van der Waals surface area contributed by atoms with Gasteiger partial charge in [0.05, 0.1) is 0 Å². The van der Waals surface area contributed by atoms with E-state index >= 15 is 0 Å². The Morgan fingerprint density at radius 3 is 1.50 bits per heavy atom. The van der Waals surface area contributed by atoms with Crippen LogP contribution in [0.15, 0.2) is 0 Å². The zero-order chi connectivity index (χ0) is 3.58. The van der Waals surface area contributed by atoms with E-state index in [1.165, 1.54) is 0 Å². The third-order valence-electron chi connectivity index (χ3n) is 0. The van der Waals surface area contributed by atoms with Crippen molar-refractivity contribution in [2.45, 2.75) is 0 Å². The van der Waals surface area contributed by atoms with E-state index in [-0.39, 0.29) is 31.4 Å². The van der Waals surface area contributed by atoms with Crippen LogP contribution in [0.5, 0.6) is 0 Å². The maximum atomic E-state index is 8.56. The van der Waals surface area contributed by atoms with E-state index in [2.05, 4.69) is 0 Å². The first-order valence-electron chi connectivity index (χ1n) is 0.651. The average Bonchev–Trinajstić information content (AvgIpc) is 0.811. The van der Waals surface area contributed by atoms with Gasteiger partial charge >= 0.3 is 29.2 Å². The maximum absolute atomic E-state index is 8.56. The molecular weight excluding hydrogens is 100 g/mol. The van der Waals surface area contributed by atoms with Gasteiger partial charge in [0.25, 0.3) is 0 Å². The summed E-state index contributed by atoms with van der Waals surface area (Å²) < 4.78 is 0. The first-order chi connectivity index (χ1) is 1.73. The molecule has 0 aromatic rings. The summed E-state index contributed by atoms with van der Waals surface area (Å²) in [6.45, 7) is 0. The molecule has 0 saturated carbocycles. The van der Waals surface area contributed by atoms with Crippen molar-refractivity contribution in [3.63, 3.8) is 0 Å². The molecule has 0 aliphatic heterocycles. The Morgan fingerprint density at radius 1 is 1.50 bits per heavy atom. The molecule has 0 aromatic carbocycles. The zero-order valence-corrected chi connectivity index (χ0v) is 4.42. The van der Waals surface area contributed by atoms with Crippen LogP contribution in [0.2, 0.25) is 0 Å². The summed E-state index contributed by atoms with van der Waals surface area (Å²) in [6.07, 6.45) is -1.83. The Bertz CT molecular complexity index is 37.0. The second kappa shape index (κ2) is 8.89. The van der Waals surface area contributed by atoms with Gasteiger partial charge in [-0.25, -0.2) is 4.79 Å². The van der Waals surface area contributed by atoms with E-state index in [1.54, 1.807) is 0 Å². The maximum Gasteiger partial charge on any atom is 2.00 e. The Morgan fingerprint density at radius 2 is 1.50 bits per heavy atom. The molecule has 0 radical (unpaired) electrons. The molecular formula is CH6MgO4. The van der Waals surface area contributed by atoms with Gasteiger partial charge < -0.3 is 18.5 Å². The van der Waals surface area contributed by atoms with E-state index < -0.39 is 6.16 Å². The first kappa shape index (κ1) is 16.7. The van der Waals surface area contributed by atoms with Crippen molar-refractivity contribution in [3.05, 3.63) is 0 Å². The van der Waals surface area contributed by atoms with Crippen LogP contribution in [0.1, 0.15) is 2.85 Å². The van der Waals surface area contributed by atoms with Gasteiger partial charge in [0.15, 0.2) is 0 Å². The van der Waals surface area contributed by atoms with Gasteiger partial charge in [-0.1, -0.05) is 0 Å². The number of carboxylic acid groups (broad SMARTS) is 2. The standard InChI is InChI=1S/CH2O3.Mg.H2O.2H/c2-1(3)4;;;;/h(H2,2,3,4);;1H2;;/q;+2;;2*-1. The molecule has 0 aromatic heterocycles. The van der Waals surface area contributed by atoms with Crippen molar-refractivity contribution in [2.75, 3.05) is 0 Å². The van der Waals surface area contributed by atoms with E-state index in [1.807, 2.05) is 0 Å². The third kappa shape index (κ3) is 2530000. The molecule has 4 nitrogen and oxygen atoms in total. The molecule has 0 unspecified atom stereocenters. The quantitative estimate of drug-likeness (QED) is 0.398. The summed E-state index contributed by atoms with van der Waals surface area (Å²) in [7, 11) is 0. The average molecular weight is 106 g/mol. The Hall–Kier alpha value is -0.00377. The molecule has 0 atom stereocenters. The molecule has 0 fully saturated rings. The molecule has 0 amide bonds. The molecule has 0 aliphatic rings. The molecule has 0 spiro atoms. The third-order valence-corrected chi connectivity index (χ3v) is 0. The van der Waals surface area contributed by atoms with Gasteiger partial charge in [-0.2, -0.15) is 0 Å². The molecule has 36 valence electrons. The molecule has 0 bridgehead atoms. The van der Waals surface area contributed by atoms with Crippen molar-refractivity contribution in [1.82, 2.24) is 0 Å². The molecule has 0 heterocycles. The fraction of sp³-hybridized carbons (Fsp3) is 0. The summed E-state index contributed by atoms with van der Waals surface area (Å²) >= 11 is 0. The van der Waals surface area contributed by atoms with Gasteiger partial charge in [0.2, 0.25) is 0 Å². The molecule has 4 N–H and O–H groups in total. The smallest absolute Gasteiger partial charge is 1.00 e. The predicted octanol–water partition coefficient (Wildman–Crippen LogP) is -0.758. The second-order valence-electron chi connectivity index (χ2n) is 0.283. The zero-order valence-electron chi connectivity index (χ0n) is 5.01. The Labute approximate surface area is 53.2 Å². The summed E-state index contributed by atoms with van der Waals surface area (Å²) in [5.74, 6) is 0. The van der Waals surface area contributed by atoms with Crippen molar-refractivity contribution < 1.29 is 23.3 Å². The normalized spacial score (nSPS) is 4.00. The number of rotatable bonds is 0. The Balaban J connectivity index is -0.00000000750. The van der Waals surface area contributed by atoms with Crippen molar-refractivity contribution in [3.8, 4) is 0 Å². The molecule has 0 saturated heterocycles. The van der Waals surface area contributed by atoms with Gasteiger partial charge in [-0.05, 0) is 0 Å². The fourth-order valence-corrected chi connectivity index (χ4v) is 0. The molecule has 5 heteroatoms.